The van der Waals surface area contributed by atoms with E-state index in [0.29, 0.717) is 11.5 Å². The molecule has 0 bridgehead atoms. The molecule has 0 aliphatic heterocycles. The van der Waals surface area contributed by atoms with Gasteiger partial charge in [0.1, 0.15) is 0 Å². The van der Waals surface area contributed by atoms with Crippen LogP contribution in [0.4, 0.5) is 8.78 Å². The lowest BCUT2D eigenvalue weighted by molar-refractivity contribution is 0.0950. The fourth-order valence-electron chi connectivity index (χ4n) is 1.96. The van der Waals surface area contributed by atoms with Gasteiger partial charge in [-0.3, -0.25) is 4.79 Å². The fraction of sp³-hybridized carbons (Fsp3) is 0.188. The molecule has 0 aliphatic carbocycles. The number of halogens is 3. The van der Waals surface area contributed by atoms with E-state index < -0.39 is 17.5 Å². The first kappa shape index (κ1) is 17.0. The number of carbonyl (C=O) groups excluding carboxylic acids is 1. The second-order valence-electron chi connectivity index (χ2n) is 4.62. The maximum atomic E-state index is 13.2. The third kappa shape index (κ3) is 3.90. The van der Waals surface area contributed by atoms with Crippen molar-refractivity contribution in [3.63, 3.8) is 0 Å². The van der Waals surface area contributed by atoms with Crippen molar-refractivity contribution in [2.45, 2.75) is 6.54 Å². The monoisotopic (exact) mass is 341 g/mol. The zero-order chi connectivity index (χ0) is 17.0. The minimum atomic E-state index is -1.13. The van der Waals surface area contributed by atoms with Gasteiger partial charge >= 0.3 is 0 Å². The second-order valence-corrected chi connectivity index (χ2v) is 5.03. The number of ether oxygens (including phenoxy) is 2. The van der Waals surface area contributed by atoms with Crippen LogP contribution in [0, 0.1) is 11.6 Å². The summed E-state index contributed by atoms with van der Waals surface area (Å²) in [6, 6.07) is 6.68. The molecule has 122 valence electrons. The Bertz CT molecular complexity index is 738. The Morgan fingerprint density at radius 1 is 1.09 bits per heavy atom. The Hall–Kier alpha value is -2.34. The Morgan fingerprint density at radius 3 is 2.39 bits per heavy atom. The Kier molecular flexibility index (Phi) is 5.39. The highest BCUT2D eigenvalue weighted by Gasteiger charge is 2.15. The van der Waals surface area contributed by atoms with Crippen LogP contribution in [0.5, 0.6) is 11.5 Å². The molecule has 2 rings (SSSR count). The molecule has 2 aromatic rings. The van der Waals surface area contributed by atoms with Crippen molar-refractivity contribution in [2.75, 3.05) is 14.2 Å². The van der Waals surface area contributed by atoms with Gasteiger partial charge in [0.2, 0.25) is 0 Å². The number of rotatable bonds is 5. The summed E-state index contributed by atoms with van der Waals surface area (Å²) in [5.74, 6) is -1.77. The molecule has 0 spiro atoms. The molecule has 1 N–H and O–H groups in total. The maximum Gasteiger partial charge on any atom is 0.253 e. The van der Waals surface area contributed by atoms with E-state index in [0.717, 1.165) is 17.7 Å². The fourth-order valence-corrected chi connectivity index (χ4v) is 2.20. The lowest BCUT2D eigenvalue weighted by Gasteiger charge is -2.11. The van der Waals surface area contributed by atoms with Crippen molar-refractivity contribution in [1.82, 2.24) is 5.32 Å². The average Bonchev–Trinajstić information content (AvgIpc) is 2.55. The number of methoxy groups -OCH3 is 2. The number of hydrogen-bond acceptors (Lipinski definition) is 3. The van der Waals surface area contributed by atoms with Crippen LogP contribution < -0.4 is 14.8 Å². The number of nitrogens with one attached hydrogen (secondary N) is 1. The van der Waals surface area contributed by atoms with Gasteiger partial charge in [-0.05, 0) is 29.8 Å². The molecule has 0 radical (unpaired) electrons. The lowest BCUT2D eigenvalue weighted by Crippen LogP contribution is -2.23. The highest BCUT2D eigenvalue weighted by molar-refractivity contribution is 6.33. The van der Waals surface area contributed by atoms with Crippen molar-refractivity contribution in [1.29, 1.82) is 0 Å². The average molecular weight is 342 g/mol. The van der Waals surface area contributed by atoms with Gasteiger partial charge in [-0.1, -0.05) is 17.7 Å². The van der Waals surface area contributed by atoms with Gasteiger partial charge in [-0.15, -0.1) is 0 Å². The van der Waals surface area contributed by atoms with E-state index in [1.807, 2.05) is 0 Å². The standard InChI is InChI=1S/C16H14ClF2NO3/c1-22-14-4-3-9(5-15(14)23-2)8-20-16(21)10-6-12(18)13(19)7-11(10)17/h3-7H,8H2,1-2H3,(H,20,21). The smallest absolute Gasteiger partial charge is 0.253 e. The summed E-state index contributed by atoms with van der Waals surface area (Å²) in [5.41, 5.74) is 0.612. The highest BCUT2D eigenvalue weighted by atomic mass is 35.5. The van der Waals surface area contributed by atoms with Crippen molar-refractivity contribution < 1.29 is 23.0 Å². The van der Waals surface area contributed by atoms with Gasteiger partial charge in [0.05, 0.1) is 24.8 Å². The van der Waals surface area contributed by atoms with Crippen molar-refractivity contribution in [3.8, 4) is 11.5 Å². The van der Waals surface area contributed by atoms with Gasteiger partial charge in [0.25, 0.3) is 5.91 Å². The van der Waals surface area contributed by atoms with Crippen LogP contribution in [0.25, 0.3) is 0 Å². The molecule has 0 heterocycles. The van der Waals surface area contributed by atoms with E-state index in [1.54, 1.807) is 18.2 Å². The Labute approximate surface area is 137 Å². The molecular formula is C16H14ClF2NO3. The van der Waals surface area contributed by atoms with Crippen LogP contribution in [0.3, 0.4) is 0 Å². The van der Waals surface area contributed by atoms with E-state index in [2.05, 4.69) is 5.32 Å². The number of hydrogen-bond donors (Lipinski definition) is 1. The van der Waals surface area contributed by atoms with Gasteiger partial charge in [0, 0.05) is 6.54 Å². The van der Waals surface area contributed by atoms with E-state index in [9.17, 15) is 13.6 Å². The summed E-state index contributed by atoms with van der Waals surface area (Å²) in [5, 5.41) is 2.42. The van der Waals surface area contributed by atoms with E-state index >= 15 is 0 Å². The molecule has 0 fully saturated rings. The maximum absolute atomic E-state index is 13.2. The minimum absolute atomic E-state index is 0.133. The number of amides is 1. The largest absolute Gasteiger partial charge is 0.493 e. The van der Waals surface area contributed by atoms with Crippen LogP contribution in [0.1, 0.15) is 15.9 Å². The number of carbonyl (C=O) groups is 1. The zero-order valence-electron chi connectivity index (χ0n) is 12.5. The first-order valence-corrected chi connectivity index (χ1v) is 6.97. The van der Waals surface area contributed by atoms with Crippen LogP contribution in [-0.4, -0.2) is 20.1 Å². The summed E-state index contributed by atoms with van der Waals surface area (Å²) >= 11 is 5.76. The molecule has 0 unspecified atom stereocenters. The summed E-state index contributed by atoms with van der Waals surface area (Å²) < 4.78 is 36.5. The molecule has 1 amide bonds. The molecule has 7 heteroatoms. The molecule has 0 atom stereocenters. The molecule has 0 saturated heterocycles. The topological polar surface area (TPSA) is 47.6 Å². The van der Waals surface area contributed by atoms with Crippen molar-refractivity contribution in [2.24, 2.45) is 0 Å². The van der Waals surface area contributed by atoms with Gasteiger partial charge < -0.3 is 14.8 Å². The quantitative estimate of drug-likeness (QED) is 0.846. The summed E-state index contributed by atoms with van der Waals surface area (Å²) in [4.78, 5) is 12.0. The minimum Gasteiger partial charge on any atom is -0.493 e. The van der Waals surface area contributed by atoms with Gasteiger partial charge in [-0.25, -0.2) is 8.78 Å². The van der Waals surface area contributed by atoms with Crippen molar-refractivity contribution >= 4 is 17.5 Å². The molecule has 0 saturated carbocycles. The highest BCUT2D eigenvalue weighted by Crippen LogP contribution is 2.27. The normalized spacial score (nSPS) is 10.3. The van der Waals surface area contributed by atoms with E-state index in [1.165, 1.54) is 14.2 Å². The molecule has 2 aromatic carbocycles. The molecule has 23 heavy (non-hydrogen) atoms. The Morgan fingerprint density at radius 2 is 1.74 bits per heavy atom. The first-order chi connectivity index (χ1) is 11.0. The summed E-state index contributed by atoms with van der Waals surface area (Å²) in [7, 11) is 3.02. The third-order valence-corrected chi connectivity index (χ3v) is 3.47. The summed E-state index contributed by atoms with van der Waals surface area (Å²) in [6.45, 7) is 0.161. The van der Waals surface area contributed by atoms with Crippen LogP contribution >= 0.6 is 11.6 Å². The second kappa shape index (κ2) is 7.28. The van der Waals surface area contributed by atoms with Crippen LogP contribution in [0.15, 0.2) is 30.3 Å². The molecular weight excluding hydrogens is 328 g/mol. The predicted molar refractivity (Wildman–Crippen MR) is 82.1 cm³/mol. The Balaban J connectivity index is 2.12. The first-order valence-electron chi connectivity index (χ1n) is 6.60. The third-order valence-electron chi connectivity index (χ3n) is 3.16. The number of benzene rings is 2. The van der Waals surface area contributed by atoms with Gasteiger partial charge in [-0.2, -0.15) is 0 Å². The molecule has 4 nitrogen and oxygen atoms in total. The van der Waals surface area contributed by atoms with Crippen LogP contribution in [-0.2, 0) is 6.54 Å². The van der Waals surface area contributed by atoms with Gasteiger partial charge in [0.15, 0.2) is 23.1 Å². The van der Waals surface area contributed by atoms with Crippen molar-refractivity contribution in [3.05, 3.63) is 58.1 Å². The lowest BCUT2D eigenvalue weighted by atomic mass is 10.1. The van der Waals surface area contributed by atoms with E-state index in [-0.39, 0.29) is 17.1 Å². The predicted octanol–water partition coefficient (Wildman–Crippen LogP) is 3.57. The van der Waals surface area contributed by atoms with Crippen LogP contribution in [0.2, 0.25) is 5.02 Å². The summed E-state index contributed by atoms with van der Waals surface area (Å²) in [6.07, 6.45) is 0. The molecule has 0 aliphatic rings. The zero-order valence-corrected chi connectivity index (χ0v) is 13.2. The van der Waals surface area contributed by atoms with E-state index in [4.69, 9.17) is 21.1 Å². The SMILES string of the molecule is COc1ccc(CNC(=O)c2cc(F)c(F)cc2Cl)cc1OC. The molecule has 0 aromatic heterocycles.